The standard InChI is InChI=1S/C18H30N2O/c1-19-17-11-6-4-5-9-15(17)13-20(2)14-16-10-7-8-12-18(16)21-3/h7-8,10,12,15,17,19H,4-6,9,11,13-14H2,1-3H3. The number of hydrogen-bond donors (Lipinski definition) is 1. The van der Waals surface area contributed by atoms with Gasteiger partial charge in [0.25, 0.3) is 0 Å². The maximum absolute atomic E-state index is 5.46. The Bertz CT molecular complexity index is 421. The molecule has 2 rings (SSSR count). The van der Waals surface area contributed by atoms with E-state index in [0.717, 1.165) is 24.8 Å². The summed E-state index contributed by atoms with van der Waals surface area (Å²) in [5.41, 5.74) is 1.28. The number of nitrogens with zero attached hydrogens (tertiary/aromatic N) is 1. The lowest BCUT2D eigenvalue weighted by atomic mass is 9.94. The number of rotatable bonds is 6. The lowest BCUT2D eigenvalue weighted by Crippen LogP contribution is -2.39. The van der Waals surface area contributed by atoms with Crippen LogP contribution in [0.15, 0.2) is 24.3 Å². The lowest BCUT2D eigenvalue weighted by molar-refractivity contribution is 0.221. The van der Waals surface area contributed by atoms with Crippen molar-refractivity contribution in [3.63, 3.8) is 0 Å². The number of benzene rings is 1. The average molecular weight is 290 g/mol. The second kappa shape index (κ2) is 8.40. The number of nitrogens with one attached hydrogen (secondary N) is 1. The van der Waals surface area contributed by atoms with Gasteiger partial charge in [0.15, 0.2) is 0 Å². The second-order valence-corrected chi connectivity index (χ2v) is 6.30. The predicted molar refractivity (Wildman–Crippen MR) is 88.8 cm³/mol. The molecule has 21 heavy (non-hydrogen) atoms. The Kier molecular flexibility index (Phi) is 6.52. The first-order chi connectivity index (χ1) is 10.2. The molecule has 0 amide bonds. The third-order valence-corrected chi connectivity index (χ3v) is 4.71. The molecule has 1 aliphatic carbocycles. The molecule has 0 radical (unpaired) electrons. The highest BCUT2D eigenvalue weighted by atomic mass is 16.5. The van der Waals surface area contributed by atoms with Gasteiger partial charge < -0.3 is 15.0 Å². The summed E-state index contributed by atoms with van der Waals surface area (Å²) in [6.07, 6.45) is 6.82. The van der Waals surface area contributed by atoms with E-state index in [1.807, 2.05) is 12.1 Å². The molecule has 118 valence electrons. The molecule has 3 nitrogen and oxygen atoms in total. The fourth-order valence-electron chi connectivity index (χ4n) is 3.57. The van der Waals surface area contributed by atoms with Gasteiger partial charge in [-0.15, -0.1) is 0 Å². The molecule has 0 spiro atoms. The van der Waals surface area contributed by atoms with Gasteiger partial charge >= 0.3 is 0 Å². The Hall–Kier alpha value is -1.06. The van der Waals surface area contributed by atoms with Crippen LogP contribution in [0, 0.1) is 5.92 Å². The van der Waals surface area contributed by atoms with Gasteiger partial charge in [0, 0.05) is 24.7 Å². The van der Waals surface area contributed by atoms with E-state index in [0.29, 0.717) is 6.04 Å². The SMILES string of the molecule is CNC1CCCCCC1CN(C)Cc1ccccc1OC. The van der Waals surface area contributed by atoms with Gasteiger partial charge in [-0.25, -0.2) is 0 Å². The van der Waals surface area contributed by atoms with Crippen LogP contribution in [0.1, 0.15) is 37.7 Å². The van der Waals surface area contributed by atoms with E-state index in [1.165, 1.54) is 37.7 Å². The normalized spacial score (nSPS) is 23.0. The van der Waals surface area contributed by atoms with Crippen LogP contribution in [0.3, 0.4) is 0 Å². The molecule has 1 fully saturated rings. The molecule has 0 aromatic heterocycles. The highest BCUT2D eigenvalue weighted by Crippen LogP contribution is 2.25. The summed E-state index contributed by atoms with van der Waals surface area (Å²) >= 11 is 0. The van der Waals surface area contributed by atoms with Crippen molar-refractivity contribution in [1.29, 1.82) is 0 Å². The fourth-order valence-corrected chi connectivity index (χ4v) is 3.57. The third kappa shape index (κ3) is 4.72. The molecule has 0 heterocycles. The van der Waals surface area contributed by atoms with Gasteiger partial charge in [0.2, 0.25) is 0 Å². The molecule has 1 aromatic rings. The molecule has 1 saturated carbocycles. The number of hydrogen-bond acceptors (Lipinski definition) is 3. The number of methoxy groups -OCH3 is 1. The van der Waals surface area contributed by atoms with Crippen LogP contribution < -0.4 is 10.1 Å². The molecule has 0 bridgehead atoms. The minimum atomic E-state index is 0.674. The molecule has 0 aliphatic heterocycles. The van der Waals surface area contributed by atoms with Crippen molar-refractivity contribution in [3.8, 4) is 5.75 Å². The van der Waals surface area contributed by atoms with Crippen molar-refractivity contribution in [2.24, 2.45) is 5.92 Å². The van der Waals surface area contributed by atoms with Crippen LogP contribution in [0.25, 0.3) is 0 Å². The van der Waals surface area contributed by atoms with E-state index in [1.54, 1.807) is 7.11 Å². The number of ether oxygens (including phenoxy) is 1. The molecule has 1 N–H and O–H groups in total. The van der Waals surface area contributed by atoms with E-state index in [9.17, 15) is 0 Å². The Morgan fingerprint density at radius 2 is 1.95 bits per heavy atom. The molecular formula is C18H30N2O. The van der Waals surface area contributed by atoms with Crippen molar-refractivity contribution in [3.05, 3.63) is 29.8 Å². The third-order valence-electron chi connectivity index (χ3n) is 4.71. The lowest BCUT2D eigenvalue weighted by Gasteiger charge is -2.29. The minimum Gasteiger partial charge on any atom is -0.496 e. The maximum Gasteiger partial charge on any atom is 0.123 e. The predicted octanol–water partition coefficient (Wildman–Crippen LogP) is 3.30. The van der Waals surface area contributed by atoms with Crippen molar-refractivity contribution < 1.29 is 4.74 Å². The molecular weight excluding hydrogens is 260 g/mol. The van der Waals surface area contributed by atoms with E-state index in [4.69, 9.17) is 4.74 Å². The first-order valence-electron chi connectivity index (χ1n) is 8.22. The molecule has 1 aromatic carbocycles. The zero-order chi connectivity index (χ0) is 15.1. The summed E-state index contributed by atoms with van der Waals surface area (Å²) in [6.45, 7) is 2.11. The second-order valence-electron chi connectivity index (χ2n) is 6.30. The van der Waals surface area contributed by atoms with Crippen molar-refractivity contribution >= 4 is 0 Å². The van der Waals surface area contributed by atoms with Gasteiger partial charge in [-0.05, 0) is 38.9 Å². The van der Waals surface area contributed by atoms with Crippen LogP contribution in [-0.2, 0) is 6.54 Å². The van der Waals surface area contributed by atoms with Gasteiger partial charge in [0.1, 0.15) is 5.75 Å². The van der Waals surface area contributed by atoms with Crippen molar-refractivity contribution in [1.82, 2.24) is 10.2 Å². The molecule has 0 saturated heterocycles. The van der Waals surface area contributed by atoms with Crippen LogP contribution >= 0.6 is 0 Å². The molecule has 3 heteroatoms. The van der Waals surface area contributed by atoms with Crippen molar-refractivity contribution in [2.45, 2.75) is 44.7 Å². The van der Waals surface area contributed by atoms with E-state index >= 15 is 0 Å². The average Bonchev–Trinajstić information content (AvgIpc) is 2.72. The van der Waals surface area contributed by atoms with E-state index < -0.39 is 0 Å². The summed E-state index contributed by atoms with van der Waals surface area (Å²) in [5, 5.41) is 3.53. The van der Waals surface area contributed by atoms with Gasteiger partial charge in [-0.2, -0.15) is 0 Å². The van der Waals surface area contributed by atoms with Crippen molar-refractivity contribution in [2.75, 3.05) is 27.7 Å². The first kappa shape index (κ1) is 16.3. The topological polar surface area (TPSA) is 24.5 Å². The minimum absolute atomic E-state index is 0.674. The van der Waals surface area contributed by atoms with Gasteiger partial charge in [-0.3, -0.25) is 0 Å². The van der Waals surface area contributed by atoms with Crippen LogP contribution in [0.4, 0.5) is 0 Å². The molecule has 1 aliphatic rings. The first-order valence-corrected chi connectivity index (χ1v) is 8.22. The largest absolute Gasteiger partial charge is 0.496 e. The van der Waals surface area contributed by atoms with Crippen LogP contribution in [0.2, 0.25) is 0 Å². The van der Waals surface area contributed by atoms with Crippen LogP contribution in [-0.4, -0.2) is 38.7 Å². The Morgan fingerprint density at radius 3 is 2.71 bits per heavy atom. The zero-order valence-corrected chi connectivity index (χ0v) is 13.8. The quantitative estimate of drug-likeness (QED) is 0.814. The zero-order valence-electron chi connectivity index (χ0n) is 13.8. The Labute approximate surface area is 129 Å². The summed E-state index contributed by atoms with van der Waals surface area (Å²) in [6, 6.07) is 9.01. The highest BCUT2D eigenvalue weighted by Gasteiger charge is 2.23. The Balaban J connectivity index is 1.94. The monoisotopic (exact) mass is 290 g/mol. The molecule has 2 atom stereocenters. The molecule has 2 unspecified atom stereocenters. The maximum atomic E-state index is 5.46. The fraction of sp³-hybridized carbons (Fsp3) is 0.667. The van der Waals surface area contributed by atoms with E-state index in [-0.39, 0.29) is 0 Å². The van der Waals surface area contributed by atoms with E-state index in [2.05, 4.69) is 36.4 Å². The van der Waals surface area contributed by atoms with Crippen LogP contribution in [0.5, 0.6) is 5.75 Å². The van der Waals surface area contributed by atoms with Gasteiger partial charge in [-0.1, -0.05) is 37.5 Å². The summed E-state index contributed by atoms with van der Waals surface area (Å²) in [5.74, 6) is 1.76. The Morgan fingerprint density at radius 1 is 1.19 bits per heavy atom. The summed E-state index contributed by atoms with van der Waals surface area (Å²) < 4.78 is 5.46. The van der Waals surface area contributed by atoms with Gasteiger partial charge in [0.05, 0.1) is 7.11 Å². The summed E-state index contributed by atoms with van der Waals surface area (Å²) in [4.78, 5) is 2.44. The smallest absolute Gasteiger partial charge is 0.123 e. The number of para-hydroxylation sites is 1. The highest BCUT2D eigenvalue weighted by molar-refractivity contribution is 5.33. The summed E-state index contributed by atoms with van der Waals surface area (Å²) in [7, 11) is 6.09.